The van der Waals surface area contributed by atoms with Crippen LogP contribution in [0.25, 0.3) is 10.8 Å². The van der Waals surface area contributed by atoms with Gasteiger partial charge in [-0.05, 0) is 29.7 Å². The highest BCUT2D eigenvalue weighted by molar-refractivity contribution is 6.10. The van der Waals surface area contributed by atoms with Gasteiger partial charge in [-0.2, -0.15) is 0 Å². The first-order valence-corrected chi connectivity index (χ1v) is 6.75. The molecule has 2 aromatic carbocycles. The van der Waals surface area contributed by atoms with E-state index in [9.17, 15) is 4.79 Å². The zero-order chi connectivity index (χ0) is 13.7. The van der Waals surface area contributed by atoms with Gasteiger partial charge in [0.15, 0.2) is 5.78 Å². The van der Waals surface area contributed by atoms with Gasteiger partial charge in [0.2, 0.25) is 0 Å². The Morgan fingerprint density at radius 3 is 2.74 bits per heavy atom. The quantitative estimate of drug-likeness (QED) is 0.714. The molecule has 0 atom stereocenters. The monoisotopic (exact) mass is 255 g/mol. The molecule has 0 N–H and O–H groups in total. The second-order valence-electron chi connectivity index (χ2n) is 4.54. The molecule has 0 fully saturated rings. The molecule has 19 heavy (non-hydrogen) atoms. The first-order valence-electron chi connectivity index (χ1n) is 6.75. The van der Waals surface area contributed by atoms with Crippen LogP contribution >= 0.6 is 0 Å². The van der Waals surface area contributed by atoms with Crippen LogP contribution in [0.15, 0.2) is 36.4 Å². The molecule has 0 aliphatic rings. The molecule has 0 heterocycles. The molecule has 99 valence electrons. The second-order valence-corrected chi connectivity index (χ2v) is 4.54. The lowest BCUT2D eigenvalue weighted by Gasteiger charge is -2.13. The van der Waals surface area contributed by atoms with E-state index in [0.29, 0.717) is 30.8 Å². The molecule has 0 bridgehead atoms. The Bertz CT molecular complexity index is 572. The topological polar surface area (TPSA) is 26.3 Å². The Morgan fingerprint density at radius 1 is 1.21 bits per heavy atom. The summed E-state index contributed by atoms with van der Waals surface area (Å²) >= 11 is 0. The van der Waals surface area contributed by atoms with Gasteiger partial charge < -0.3 is 4.74 Å². The SMILES string of the molecule is [CH2]CCC(=O)c1c(OCCC)ccc2ccccc12. The fourth-order valence-electron chi connectivity index (χ4n) is 2.16. The van der Waals surface area contributed by atoms with Gasteiger partial charge in [0.1, 0.15) is 5.75 Å². The minimum Gasteiger partial charge on any atom is -0.493 e. The number of Topliss-reactive ketones (excluding diaryl/α,β-unsaturated/α-hetero) is 1. The van der Waals surface area contributed by atoms with Crippen molar-refractivity contribution in [3.63, 3.8) is 0 Å². The Balaban J connectivity index is 2.54. The minimum absolute atomic E-state index is 0.109. The van der Waals surface area contributed by atoms with Crippen molar-refractivity contribution in [3.05, 3.63) is 48.9 Å². The van der Waals surface area contributed by atoms with E-state index in [1.807, 2.05) is 36.4 Å². The number of hydrogen-bond acceptors (Lipinski definition) is 2. The second kappa shape index (κ2) is 6.37. The van der Waals surface area contributed by atoms with Crippen molar-refractivity contribution >= 4 is 16.6 Å². The zero-order valence-corrected chi connectivity index (χ0v) is 11.3. The van der Waals surface area contributed by atoms with E-state index < -0.39 is 0 Å². The molecule has 2 nitrogen and oxygen atoms in total. The van der Waals surface area contributed by atoms with Crippen molar-refractivity contribution in [2.24, 2.45) is 0 Å². The van der Waals surface area contributed by atoms with Crippen molar-refractivity contribution in [1.29, 1.82) is 0 Å². The van der Waals surface area contributed by atoms with Crippen LogP contribution in [0, 0.1) is 6.92 Å². The Morgan fingerprint density at radius 2 is 2.00 bits per heavy atom. The van der Waals surface area contributed by atoms with E-state index in [1.54, 1.807) is 0 Å². The molecule has 0 spiro atoms. The van der Waals surface area contributed by atoms with Crippen molar-refractivity contribution in [1.82, 2.24) is 0 Å². The number of benzene rings is 2. The number of ketones is 1. The zero-order valence-electron chi connectivity index (χ0n) is 11.3. The minimum atomic E-state index is 0.109. The fourth-order valence-corrected chi connectivity index (χ4v) is 2.16. The van der Waals surface area contributed by atoms with Crippen molar-refractivity contribution in [3.8, 4) is 5.75 Å². The molecule has 0 aromatic heterocycles. The van der Waals surface area contributed by atoms with E-state index in [1.165, 1.54) is 0 Å². The summed E-state index contributed by atoms with van der Waals surface area (Å²) in [4.78, 5) is 12.3. The van der Waals surface area contributed by atoms with Gasteiger partial charge in [-0.25, -0.2) is 0 Å². The highest BCUT2D eigenvalue weighted by Crippen LogP contribution is 2.29. The standard InChI is InChI=1S/C17H19O2/c1-3-7-15(18)17-14-9-6-5-8-13(14)10-11-16(17)19-12-4-2/h5-6,8-11H,1,3-4,7,12H2,2H3. The molecule has 0 aliphatic heterocycles. The average Bonchev–Trinajstić information content (AvgIpc) is 2.44. The van der Waals surface area contributed by atoms with Gasteiger partial charge in [-0.1, -0.05) is 44.2 Å². The maximum atomic E-state index is 12.3. The summed E-state index contributed by atoms with van der Waals surface area (Å²) in [7, 11) is 0. The van der Waals surface area contributed by atoms with E-state index >= 15 is 0 Å². The van der Waals surface area contributed by atoms with Crippen LogP contribution in [0.3, 0.4) is 0 Å². The molecular weight excluding hydrogens is 236 g/mol. The van der Waals surface area contributed by atoms with Gasteiger partial charge in [-0.3, -0.25) is 4.79 Å². The van der Waals surface area contributed by atoms with Gasteiger partial charge in [0.05, 0.1) is 12.2 Å². The normalized spacial score (nSPS) is 10.6. The third-order valence-electron chi connectivity index (χ3n) is 3.04. The number of hydrogen-bond donors (Lipinski definition) is 0. The Hall–Kier alpha value is -1.83. The summed E-state index contributed by atoms with van der Waals surface area (Å²) in [5, 5.41) is 2.04. The molecule has 0 saturated heterocycles. The van der Waals surface area contributed by atoms with Crippen molar-refractivity contribution in [2.75, 3.05) is 6.61 Å². The maximum Gasteiger partial charge on any atom is 0.167 e. The molecule has 1 radical (unpaired) electrons. The van der Waals surface area contributed by atoms with Crippen LogP contribution in [0.1, 0.15) is 36.5 Å². The Kier molecular flexibility index (Phi) is 4.56. The number of carbonyl (C=O) groups excluding carboxylic acids is 1. The van der Waals surface area contributed by atoms with Gasteiger partial charge >= 0.3 is 0 Å². The largest absolute Gasteiger partial charge is 0.493 e. The highest BCUT2D eigenvalue weighted by Gasteiger charge is 2.15. The number of rotatable bonds is 6. The highest BCUT2D eigenvalue weighted by atomic mass is 16.5. The van der Waals surface area contributed by atoms with Crippen LogP contribution in [0.5, 0.6) is 5.75 Å². The lowest BCUT2D eigenvalue weighted by atomic mass is 9.98. The molecule has 0 unspecified atom stereocenters. The van der Waals surface area contributed by atoms with E-state index in [4.69, 9.17) is 4.74 Å². The van der Waals surface area contributed by atoms with E-state index in [0.717, 1.165) is 17.2 Å². The number of ether oxygens (including phenoxy) is 1. The van der Waals surface area contributed by atoms with E-state index in [-0.39, 0.29) is 5.78 Å². The lowest BCUT2D eigenvalue weighted by molar-refractivity contribution is 0.0981. The van der Waals surface area contributed by atoms with Crippen LogP contribution in [0.4, 0.5) is 0 Å². The molecule has 2 heteroatoms. The summed E-state index contributed by atoms with van der Waals surface area (Å²) in [6.45, 7) is 6.44. The van der Waals surface area contributed by atoms with Crippen molar-refractivity contribution in [2.45, 2.75) is 26.2 Å². The first kappa shape index (κ1) is 13.6. The molecule has 0 amide bonds. The molecule has 2 aromatic rings. The van der Waals surface area contributed by atoms with Gasteiger partial charge in [-0.15, -0.1) is 0 Å². The van der Waals surface area contributed by atoms with Gasteiger partial charge in [0, 0.05) is 6.42 Å². The van der Waals surface area contributed by atoms with Crippen LogP contribution in [-0.2, 0) is 0 Å². The number of fused-ring (bicyclic) bond motifs is 1. The number of carbonyl (C=O) groups is 1. The third-order valence-corrected chi connectivity index (χ3v) is 3.04. The predicted molar refractivity (Wildman–Crippen MR) is 78.7 cm³/mol. The Labute approximate surface area is 114 Å². The van der Waals surface area contributed by atoms with Crippen LogP contribution in [0.2, 0.25) is 0 Å². The molecule has 0 saturated carbocycles. The van der Waals surface area contributed by atoms with Crippen LogP contribution in [-0.4, -0.2) is 12.4 Å². The summed E-state index contributed by atoms with van der Waals surface area (Å²) < 4.78 is 5.72. The predicted octanol–water partition coefficient (Wildman–Crippen LogP) is 4.43. The fraction of sp³-hybridized carbons (Fsp3) is 0.294. The molecular formula is C17H19O2. The smallest absolute Gasteiger partial charge is 0.167 e. The summed E-state index contributed by atoms with van der Waals surface area (Å²) in [5.74, 6) is 0.803. The van der Waals surface area contributed by atoms with Crippen LogP contribution < -0.4 is 4.74 Å². The summed E-state index contributed by atoms with van der Waals surface area (Å²) in [6.07, 6.45) is 1.99. The average molecular weight is 255 g/mol. The maximum absolute atomic E-state index is 12.3. The van der Waals surface area contributed by atoms with E-state index in [2.05, 4.69) is 13.8 Å². The summed E-state index contributed by atoms with van der Waals surface area (Å²) in [6, 6.07) is 11.8. The molecule has 2 rings (SSSR count). The van der Waals surface area contributed by atoms with Crippen molar-refractivity contribution < 1.29 is 9.53 Å². The molecule has 0 aliphatic carbocycles. The first-order chi connectivity index (χ1) is 9.27. The van der Waals surface area contributed by atoms with Gasteiger partial charge in [0.25, 0.3) is 0 Å². The summed E-state index contributed by atoms with van der Waals surface area (Å²) in [5.41, 5.74) is 0.704. The third kappa shape index (κ3) is 2.95. The lowest BCUT2D eigenvalue weighted by Crippen LogP contribution is -2.05.